The van der Waals surface area contributed by atoms with Crippen LogP contribution in [0.1, 0.15) is 16.0 Å². The first-order chi connectivity index (χ1) is 10.2. The van der Waals surface area contributed by atoms with E-state index in [9.17, 15) is 4.39 Å². The Morgan fingerprint density at radius 2 is 1.67 bits per heavy atom. The molecule has 0 heterocycles. The molecular formula is C18H13BrClF. The summed E-state index contributed by atoms with van der Waals surface area (Å²) >= 11 is 9.45. The third kappa shape index (κ3) is 2.97. The maximum Gasteiger partial charge on any atom is 0.146 e. The fourth-order valence-electron chi connectivity index (χ4n) is 2.54. The standard InChI is InChI=1S/C18H13BrClF/c19-16(15-9-4-10-17(20)18(15)21)11-13-7-3-6-12-5-1-2-8-14(12)13/h1-10,16H,11H2. The summed E-state index contributed by atoms with van der Waals surface area (Å²) in [6.45, 7) is 0. The first-order valence-electron chi connectivity index (χ1n) is 6.71. The topological polar surface area (TPSA) is 0 Å². The van der Waals surface area contributed by atoms with Crippen molar-refractivity contribution < 1.29 is 4.39 Å². The van der Waals surface area contributed by atoms with E-state index in [4.69, 9.17) is 11.6 Å². The van der Waals surface area contributed by atoms with Crippen molar-refractivity contribution in [2.24, 2.45) is 0 Å². The Morgan fingerprint density at radius 1 is 0.952 bits per heavy atom. The average molecular weight is 364 g/mol. The van der Waals surface area contributed by atoms with Gasteiger partial charge in [0.05, 0.1) is 5.02 Å². The van der Waals surface area contributed by atoms with Crippen molar-refractivity contribution in [1.29, 1.82) is 0 Å². The lowest BCUT2D eigenvalue weighted by Gasteiger charge is -2.14. The van der Waals surface area contributed by atoms with E-state index in [-0.39, 0.29) is 15.7 Å². The number of hydrogen-bond donors (Lipinski definition) is 0. The second-order valence-electron chi connectivity index (χ2n) is 4.95. The van der Waals surface area contributed by atoms with Crippen LogP contribution in [0.3, 0.4) is 0 Å². The Bertz CT molecular complexity index is 780. The minimum absolute atomic E-state index is 0.109. The van der Waals surface area contributed by atoms with Crippen LogP contribution in [0.2, 0.25) is 5.02 Å². The lowest BCUT2D eigenvalue weighted by molar-refractivity contribution is 0.608. The van der Waals surface area contributed by atoms with Gasteiger partial charge in [0.1, 0.15) is 5.82 Å². The minimum Gasteiger partial charge on any atom is -0.205 e. The quantitative estimate of drug-likeness (QED) is 0.478. The highest BCUT2D eigenvalue weighted by atomic mass is 79.9. The Balaban J connectivity index is 1.97. The van der Waals surface area contributed by atoms with Crippen molar-refractivity contribution in [3.63, 3.8) is 0 Å². The second kappa shape index (κ2) is 6.17. The fraction of sp³-hybridized carbons (Fsp3) is 0.111. The van der Waals surface area contributed by atoms with Gasteiger partial charge in [-0.3, -0.25) is 0 Å². The molecule has 0 spiro atoms. The lowest BCUT2D eigenvalue weighted by atomic mass is 9.98. The van der Waals surface area contributed by atoms with Gasteiger partial charge in [0, 0.05) is 10.4 Å². The van der Waals surface area contributed by atoms with Gasteiger partial charge in [-0.05, 0) is 28.8 Å². The van der Waals surface area contributed by atoms with Crippen LogP contribution < -0.4 is 0 Å². The van der Waals surface area contributed by atoms with Crippen molar-refractivity contribution >= 4 is 38.3 Å². The van der Waals surface area contributed by atoms with E-state index in [1.54, 1.807) is 18.2 Å². The number of hydrogen-bond acceptors (Lipinski definition) is 0. The summed E-state index contributed by atoms with van der Waals surface area (Å²) in [5, 5.41) is 2.56. The monoisotopic (exact) mass is 362 g/mol. The number of alkyl halides is 1. The van der Waals surface area contributed by atoms with Crippen LogP contribution in [0.15, 0.2) is 60.7 Å². The summed E-state index contributed by atoms with van der Waals surface area (Å²) in [6, 6.07) is 19.5. The molecule has 1 atom stereocenters. The van der Waals surface area contributed by atoms with E-state index in [2.05, 4.69) is 40.2 Å². The van der Waals surface area contributed by atoms with Crippen LogP contribution in [0.25, 0.3) is 10.8 Å². The van der Waals surface area contributed by atoms with Crippen LogP contribution in [-0.2, 0) is 6.42 Å². The highest BCUT2D eigenvalue weighted by Gasteiger charge is 2.16. The van der Waals surface area contributed by atoms with Crippen LogP contribution in [0.5, 0.6) is 0 Å². The molecule has 3 aromatic rings. The Labute approximate surface area is 136 Å². The van der Waals surface area contributed by atoms with E-state index in [1.165, 1.54) is 16.3 Å². The molecule has 0 aliphatic rings. The van der Waals surface area contributed by atoms with Crippen molar-refractivity contribution in [2.45, 2.75) is 11.2 Å². The van der Waals surface area contributed by atoms with Gasteiger partial charge in [-0.25, -0.2) is 4.39 Å². The summed E-state index contributed by atoms with van der Waals surface area (Å²) < 4.78 is 14.1. The van der Waals surface area contributed by atoms with Crippen molar-refractivity contribution in [3.8, 4) is 0 Å². The van der Waals surface area contributed by atoms with Gasteiger partial charge < -0.3 is 0 Å². The highest BCUT2D eigenvalue weighted by molar-refractivity contribution is 9.09. The van der Waals surface area contributed by atoms with Gasteiger partial charge in [-0.2, -0.15) is 0 Å². The first-order valence-corrected chi connectivity index (χ1v) is 8.01. The third-order valence-corrected chi connectivity index (χ3v) is 4.71. The molecule has 1 unspecified atom stereocenters. The smallest absolute Gasteiger partial charge is 0.146 e. The minimum atomic E-state index is -0.346. The molecule has 106 valence electrons. The molecule has 0 nitrogen and oxygen atoms in total. The molecule has 0 aliphatic heterocycles. The zero-order valence-electron chi connectivity index (χ0n) is 11.2. The van der Waals surface area contributed by atoms with Crippen molar-refractivity contribution in [2.75, 3.05) is 0 Å². The number of benzene rings is 3. The fourth-order valence-corrected chi connectivity index (χ4v) is 3.42. The van der Waals surface area contributed by atoms with Crippen LogP contribution in [0.4, 0.5) is 4.39 Å². The zero-order valence-corrected chi connectivity index (χ0v) is 13.5. The van der Waals surface area contributed by atoms with E-state index in [1.807, 2.05) is 18.2 Å². The largest absolute Gasteiger partial charge is 0.205 e. The number of fused-ring (bicyclic) bond motifs is 1. The zero-order chi connectivity index (χ0) is 14.8. The van der Waals surface area contributed by atoms with Crippen LogP contribution in [-0.4, -0.2) is 0 Å². The maximum atomic E-state index is 14.1. The van der Waals surface area contributed by atoms with Gasteiger partial charge >= 0.3 is 0 Å². The first kappa shape index (κ1) is 14.6. The van der Waals surface area contributed by atoms with E-state index < -0.39 is 0 Å². The predicted octanol–water partition coefficient (Wildman–Crippen LogP) is 6.31. The average Bonchev–Trinajstić information content (AvgIpc) is 2.50. The Morgan fingerprint density at radius 3 is 2.52 bits per heavy atom. The lowest BCUT2D eigenvalue weighted by Crippen LogP contribution is -1.99. The summed E-state index contributed by atoms with van der Waals surface area (Å²) in [4.78, 5) is -0.109. The summed E-state index contributed by atoms with van der Waals surface area (Å²) in [7, 11) is 0. The molecule has 0 radical (unpaired) electrons. The van der Waals surface area contributed by atoms with Gasteiger partial charge in [-0.1, -0.05) is 82.1 Å². The molecule has 0 saturated heterocycles. The molecule has 0 aliphatic carbocycles. The Hall–Kier alpha value is -1.38. The molecule has 3 rings (SSSR count). The van der Waals surface area contributed by atoms with Gasteiger partial charge in [0.15, 0.2) is 0 Å². The molecule has 0 bridgehead atoms. The van der Waals surface area contributed by atoms with E-state index in [0.29, 0.717) is 12.0 Å². The highest BCUT2D eigenvalue weighted by Crippen LogP contribution is 2.33. The van der Waals surface area contributed by atoms with Crippen molar-refractivity contribution in [3.05, 3.63) is 82.6 Å². The predicted molar refractivity (Wildman–Crippen MR) is 90.7 cm³/mol. The van der Waals surface area contributed by atoms with Gasteiger partial charge in [0.2, 0.25) is 0 Å². The molecule has 0 N–H and O–H groups in total. The normalized spacial score (nSPS) is 12.5. The molecular weight excluding hydrogens is 351 g/mol. The molecule has 0 aromatic heterocycles. The second-order valence-corrected chi connectivity index (χ2v) is 6.47. The van der Waals surface area contributed by atoms with E-state index in [0.717, 1.165) is 0 Å². The summed E-state index contributed by atoms with van der Waals surface area (Å²) in [6.07, 6.45) is 0.707. The van der Waals surface area contributed by atoms with Crippen molar-refractivity contribution in [1.82, 2.24) is 0 Å². The van der Waals surface area contributed by atoms with E-state index >= 15 is 0 Å². The molecule has 3 aromatic carbocycles. The molecule has 0 saturated carbocycles. The van der Waals surface area contributed by atoms with Gasteiger partial charge in [-0.15, -0.1) is 0 Å². The summed E-state index contributed by atoms with van der Waals surface area (Å²) in [5.41, 5.74) is 1.78. The SMILES string of the molecule is Fc1c(Cl)cccc1C(Br)Cc1cccc2ccccc12. The van der Waals surface area contributed by atoms with Crippen LogP contribution >= 0.6 is 27.5 Å². The third-order valence-electron chi connectivity index (χ3n) is 3.60. The summed E-state index contributed by atoms with van der Waals surface area (Å²) in [5.74, 6) is -0.346. The molecule has 0 amide bonds. The molecule has 3 heteroatoms. The number of rotatable bonds is 3. The number of halogens is 3. The molecule has 0 fully saturated rings. The maximum absolute atomic E-state index is 14.1. The molecule has 21 heavy (non-hydrogen) atoms. The Kier molecular flexibility index (Phi) is 4.27. The van der Waals surface area contributed by atoms with Crippen LogP contribution in [0, 0.1) is 5.82 Å². The van der Waals surface area contributed by atoms with Gasteiger partial charge in [0.25, 0.3) is 0 Å².